The van der Waals surface area contributed by atoms with Crippen molar-refractivity contribution in [2.75, 3.05) is 23.7 Å². The summed E-state index contributed by atoms with van der Waals surface area (Å²) >= 11 is 0. The van der Waals surface area contributed by atoms with Gasteiger partial charge in [-0.1, -0.05) is 13.8 Å². The third kappa shape index (κ3) is 6.59. The van der Waals surface area contributed by atoms with E-state index in [0.717, 1.165) is 37.3 Å². The number of hydrogen-bond donors (Lipinski definition) is 3. The van der Waals surface area contributed by atoms with Crippen LogP contribution in [0.4, 0.5) is 11.4 Å². The van der Waals surface area contributed by atoms with Gasteiger partial charge in [0.2, 0.25) is 11.8 Å². The van der Waals surface area contributed by atoms with Gasteiger partial charge < -0.3 is 16.0 Å². The number of nitrogens with one attached hydrogen (secondary N) is 3. The fourth-order valence-corrected chi connectivity index (χ4v) is 2.54. The number of carbonyl (C=O) groups excluding carboxylic acids is 2. The van der Waals surface area contributed by atoms with E-state index in [0.29, 0.717) is 12.3 Å². The van der Waals surface area contributed by atoms with Gasteiger partial charge in [0.25, 0.3) is 0 Å². The summed E-state index contributed by atoms with van der Waals surface area (Å²) in [5.41, 5.74) is 1.51. The van der Waals surface area contributed by atoms with E-state index in [9.17, 15) is 9.59 Å². The average molecular weight is 340 g/mol. The lowest BCUT2D eigenvalue weighted by Crippen LogP contribution is -2.37. The minimum absolute atomic E-state index is 0. The van der Waals surface area contributed by atoms with Crippen molar-refractivity contribution >= 4 is 35.6 Å². The molecule has 2 amide bonds. The van der Waals surface area contributed by atoms with Crippen molar-refractivity contribution in [2.45, 2.75) is 33.1 Å². The van der Waals surface area contributed by atoms with Gasteiger partial charge in [0.05, 0.1) is 5.92 Å². The van der Waals surface area contributed by atoms with Gasteiger partial charge in [-0.3, -0.25) is 9.59 Å². The fraction of sp³-hybridized carbons (Fsp3) is 0.529. The molecule has 1 saturated heterocycles. The van der Waals surface area contributed by atoms with Crippen LogP contribution in [0.15, 0.2) is 24.3 Å². The van der Waals surface area contributed by atoms with E-state index >= 15 is 0 Å². The van der Waals surface area contributed by atoms with Crippen LogP contribution in [0.5, 0.6) is 0 Å². The third-order valence-electron chi connectivity index (χ3n) is 3.70. The highest BCUT2D eigenvalue weighted by Crippen LogP contribution is 2.17. The maximum absolute atomic E-state index is 12.1. The molecule has 1 aromatic carbocycles. The molecular weight excluding hydrogens is 314 g/mol. The molecule has 128 valence electrons. The lowest BCUT2D eigenvalue weighted by atomic mass is 9.99. The summed E-state index contributed by atoms with van der Waals surface area (Å²) in [6.45, 7) is 5.76. The zero-order valence-corrected chi connectivity index (χ0v) is 14.5. The highest BCUT2D eigenvalue weighted by Gasteiger charge is 2.20. The van der Waals surface area contributed by atoms with Gasteiger partial charge in [-0.05, 0) is 49.6 Å². The predicted molar refractivity (Wildman–Crippen MR) is 96.0 cm³/mol. The van der Waals surface area contributed by atoms with Crippen molar-refractivity contribution in [3.63, 3.8) is 0 Å². The Balaban J connectivity index is 0.00000264. The molecule has 5 nitrogen and oxygen atoms in total. The van der Waals surface area contributed by atoms with Gasteiger partial charge in [-0.15, -0.1) is 12.4 Å². The van der Waals surface area contributed by atoms with Gasteiger partial charge in [0, 0.05) is 24.3 Å². The summed E-state index contributed by atoms with van der Waals surface area (Å²) in [6.07, 6.45) is 2.48. The summed E-state index contributed by atoms with van der Waals surface area (Å²) in [6, 6.07) is 7.26. The number of hydrogen-bond acceptors (Lipinski definition) is 3. The van der Waals surface area contributed by atoms with Crippen LogP contribution in [0.1, 0.15) is 33.1 Å². The molecule has 0 radical (unpaired) electrons. The number of rotatable bonds is 5. The maximum Gasteiger partial charge on any atom is 0.228 e. The Morgan fingerprint density at radius 2 is 1.78 bits per heavy atom. The Hall–Kier alpha value is -1.59. The first-order valence-electron chi connectivity index (χ1n) is 7.96. The smallest absolute Gasteiger partial charge is 0.228 e. The molecule has 0 aliphatic carbocycles. The van der Waals surface area contributed by atoms with E-state index in [1.807, 2.05) is 38.1 Å². The van der Waals surface area contributed by atoms with Crippen molar-refractivity contribution in [2.24, 2.45) is 11.8 Å². The van der Waals surface area contributed by atoms with E-state index in [-0.39, 0.29) is 30.1 Å². The molecule has 1 atom stereocenters. The summed E-state index contributed by atoms with van der Waals surface area (Å²) in [4.78, 5) is 23.8. The molecule has 1 aromatic rings. The molecule has 1 heterocycles. The first-order chi connectivity index (χ1) is 10.5. The maximum atomic E-state index is 12.1. The Bertz CT molecular complexity index is 511. The van der Waals surface area contributed by atoms with Gasteiger partial charge in [-0.2, -0.15) is 0 Å². The molecular formula is C17H26ClN3O2. The van der Waals surface area contributed by atoms with Crippen LogP contribution >= 0.6 is 12.4 Å². The first kappa shape index (κ1) is 19.5. The topological polar surface area (TPSA) is 70.2 Å². The predicted octanol–water partition coefficient (Wildman–Crippen LogP) is 3.03. The van der Waals surface area contributed by atoms with E-state index in [1.165, 1.54) is 0 Å². The van der Waals surface area contributed by atoms with E-state index in [2.05, 4.69) is 16.0 Å². The quantitative estimate of drug-likeness (QED) is 0.772. The van der Waals surface area contributed by atoms with Gasteiger partial charge in [0.1, 0.15) is 0 Å². The lowest BCUT2D eigenvalue weighted by Gasteiger charge is -2.21. The highest BCUT2D eigenvalue weighted by molar-refractivity contribution is 5.94. The molecule has 1 aliphatic heterocycles. The second kappa shape index (κ2) is 9.53. The van der Waals surface area contributed by atoms with E-state index < -0.39 is 0 Å². The zero-order valence-electron chi connectivity index (χ0n) is 13.7. The van der Waals surface area contributed by atoms with E-state index in [1.54, 1.807) is 0 Å². The minimum Gasteiger partial charge on any atom is -0.326 e. The van der Waals surface area contributed by atoms with Crippen molar-refractivity contribution in [3.05, 3.63) is 24.3 Å². The van der Waals surface area contributed by atoms with Crippen LogP contribution in [-0.4, -0.2) is 24.9 Å². The molecule has 0 aromatic heterocycles. The molecule has 6 heteroatoms. The van der Waals surface area contributed by atoms with Gasteiger partial charge >= 0.3 is 0 Å². The monoisotopic (exact) mass is 339 g/mol. The molecule has 0 saturated carbocycles. The molecule has 23 heavy (non-hydrogen) atoms. The second-order valence-electron chi connectivity index (χ2n) is 6.26. The number of anilines is 2. The van der Waals surface area contributed by atoms with Crippen molar-refractivity contribution in [3.8, 4) is 0 Å². The summed E-state index contributed by atoms with van der Waals surface area (Å²) in [5, 5.41) is 9.03. The summed E-state index contributed by atoms with van der Waals surface area (Å²) in [7, 11) is 0. The Morgan fingerprint density at radius 1 is 1.17 bits per heavy atom. The minimum atomic E-state index is 0. The SMILES string of the molecule is CC(C)CC(=O)Nc1ccc(NC(=O)[C@@H]2CCCNC2)cc1.Cl. The second-order valence-corrected chi connectivity index (χ2v) is 6.26. The average Bonchev–Trinajstić information content (AvgIpc) is 2.49. The number of halogens is 1. The standard InChI is InChI=1S/C17H25N3O2.ClH/c1-12(2)10-16(21)19-14-5-7-15(8-6-14)20-17(22)13-4-3-9-18-11-13;/h5-8,12-13,18H,3-4,9-11H2,1-2H3,(H,19,21)(H,20,22);1H/t13-;/m1./s1. The summed E-state index contributed by atoms with van der Waals surface area (Å²) < 4.78 is 0. The number of carbonyl (C=O) groups is 2. The number of piperidine rings is 1. The Morgan fingerprint density at radius 3 is 2.30 bits per heavy atom. The normalized spacial score (nSPS) is 17.3. The molecule has 1 fully saturated rings. The largest absolute Gasteiger partial charge is 0.326 e. The van der Waals surface area contributed by atoms with Gasteiger partial charge in [0.15, 0.2) is 0 Å². The van der Waals surface area contributed by atoms with Crippen molar-refractivity contribution in [1.82, 2.24) is 5.32 Å². The molecule has 0 spiro atoms. The van der Waals surface area contributed by atoms with Crippen LogP contribution in [0.2, 0.25) is 0 Å². The molecule has 0 bridgehead atoms. The molecule has 0 unspecified atom stereocenters. The van der Waals surface area contributed by atoms with Crippen LogP contribution in [0.3, 0.4) is 0 Å². The first-order valence-corrected chi connectivity index (χ1v) is 7.96. The summed E-state index contributed by atoms with van der Waals surface area (Å²) in [5.74, 6) is 0.450. The number of amides is 2. The van der Waals surface area contributed by atoms with E-state index in [4.69, 9.17) is 0 Å². The molecule has 1 aliphatic rings. The van der Waals surface area contributed by atoms with Crippen LogP contribution < -0.4 is 16.0 Å². The Labute approximate surface area is 144 Å². The zero-order chi connectivity index (χ0) is 15.9. The van der Waals surface area contributed by atoms with Crippen LogP contribution in [-0.2, 0) is 9.59 Å². The van der Waals surface area contributed by atoms with Gasteiger partial charge in [-0.25, -0.2) is 0 Å². The third-order valence-corrected chi connectivity index (χ3v) is 3.70. The van der Waals surface area contributed by atoms with Crippen LogP contribution in [0, 0.1) is 11.8 Å². The van der Waals surface area contributed by atoms with Crippen LogP contribution in [0.25, 0.3) is 0 Å². The Kier molecular flexibility index (Phi) is 8.06. The molecule has 3 N–H and O–H groups in total. The fourth-order valence-electron chi connectivity index (χ4n) is 2.54. The molecule has 2 rings (SSSR count). The lowest BCUT2D eigenvalue weighted by molar-refractivity contribution is -0.120. The number of benzene rings is 1. The van der Waals surface area contributed by atoms with Crippen molar-refractivity contribution in [1.29, 1.82) is 0 Å². The highest BCUT2D eigenvalue weighted by atomic mass is 35.5. The van der Waals surface area contributed by atoms with Crippen molar-refractivity contribution < 1.29 is 9.59 Å².